The molecule has 0 heterocycles. The Bertz CT molecular complexity index is 325. The smallest absolute Gasteiger partial charge is 0.224 e. The van der Waals surface area contributed by atoms with Gasteiger partial charge in [0.2, 0.25) is 5.91 Å². The molecule has 0 aliphatic carbocycles. The van der Waals surface area contributed by atoms with Crippen molar-refractivity contribution in [3.05, 3.63) is 22.7 Å². The second-order valence-corrected chi connectivity index (χ2v) is 3.55. The number of nitrogen functional groups attached to an aromatic ring is 1. The second kappa shape index (κ2) is 4.28. The Morgan fingerprint density at radius 2 is 2.31 bits per heavy atom. The van der Waals surface area contributed by atoms with Crippen molar-refractivity contribution in [3.8, 4) is 0 Å². The molecule has 0 aliphatic heterocycles. The lowest BCUT2D eigenvalue weighted by molar-refractivity contribution is -0.115. The summed E-state index contributed by atoms with van der Waals surface area (Å²) in [5.74, 6) is -0.0333. The molecule has 3 nitrogen and oxygen atoms in total. The summed E-state index contributed by atoms with van der Waals surface area (Å²) in [7, 11) is 0. The zero-order chi connectivity index (χ0) is 9.84. The minimum Gasteiger partial charge on any atom is -0.397 e. The van der Waals surface area contributed by atoms with E-state index in [2.05, 4.69) is 21.2 Å². The maximum absolute atomic E-state index is 11.0. The monoisotopic (exact) mass is 242 g/mol. The molecule has 0 fully saturated rings. The van der Waals surface area contributed by atoms with Gasteiger partial charge in [0.1, 0.15) is 0 Å². The molecule has 0 saturated heterocycles. The fraction of sp³-hybridized carbons (Fsp3) is 0.222. The van der Waals surface area contributed by atoms with E-state index in [4.69, 9.17) is 5.73 Å². The van der Waals surface area contributed by atoms with Gasteiger partial charge in [0.25, 0.3) is 0 Å². The van der Waals surface area contributed by atoms with E-state index in [-0.39, 0.29) is 5.91 Å². The third-order valence-electron chi connectivity index (χ3n) is 1.61. The highest BCUT2D eigenvalue weighted by molar-refractivity contribution is 9.10. The largest absolute Gasteiger partial charge is 0.397 e. The van der Waals surface area contributed by atoms with Gasteiger partial charge in [0.15, 0.2) is 0 Å². The molecule has 0 unspecified atom stereocenters. The summed E-state index contributed by atoms with van der Waals surface area (Å²) in [5.41, 5.74) is 6.91. The van der Waals surface area contributed by atoms with Crippen LogP contribution in [0.15, 0.2) is 22.7 Å². The molecule has 0 spiro atoms. The Hall–Kier alpha value is -1.03. The van der Waals surface area contributed by atoms with Gasteiger partial charge in [-0.2, -0.15) is 0 Å². The number of nitrogens with two attached hydrogens (primary N) is 1. The Morgan fingerprint density at radius 3 is 2.85 bits per heavy atom. The van der Waals surface area contributed by atoms with Crippen molar-refractivity contribution in [1.82, 2.24) is 0 Å². The molecule has 0 aromatic heterocycles. The number of hydrogen-bond acceptors (Lipinski definition) is 2. The van der Waals surface area contributed by atoms with Crippen LogP contribution in [-0.2, 0) is 4.79 Å². The minimum atomic E-state index is -0.0333. The van der Waals surface area contributed by atoms with Crippen molar-refractivity contribution >= 4 is 33.2 Å². The minimum absolute atomic E-state index is 0.0333. The van der Waals surface area contributed by atoms with E-state index >= 15 is 0 Å². The highest BCUT2D eigenvalue weighted by Crippen LogP contribution is 2.22. The summed E-state index contributed by atoms with van der Waals surface area (Å²) in [6.45, 7) is 1.80. The second-order valence-electron chi connectivity index (χ2n) is 2.63. The average Bonchev–Trinajstić information content (AvgIpc) is 2.09. The van der Waals surface area contributed by atoms with Crippen LogP contribution in [0.5, 0.6) is 0 Å². The number of halogens is 1. The summed E-state index contributed by atoms with van der Waals surface area (Å²) >= 11 is 3.29. The molecule has 1 rings (SSSR count). The molecule has 0 saturated carbocycles. The quantitative estimate of drug-likeness (QED) is 0.783. The van der Waals surface area contributed by atoms with Crippen LogP contribution in [0.1, 0.15) is 13.3 Å². The number of benzene rings is 1. The predicted molar refractivity (Wildman–Crippen MR) is 57.5 cm³/mol. The third-order valence-corrected chi connectivity index (χ3v) is 2.10. The highest BCUT2D eigenvalue weighted by Gasteiger charge is 2.02. The molecular weight excluding hydrogens is 232 g/mol. The molecule has 1 amide bonds. The van der Waals surface area contributed by atoms with Crippen LogP contribution in [0.25, 0.3) is 0 Å². The normalized spacial score (nSPS) is 9.69. The molecule has 1 aromatic carbocycles. The van der Waals surface area contributed by atoms with Crippen molar-refractivity contribution in [2.45, 2.75) is 13.3 Å². The van der Waals surface area contributed by atoms with Crippen molar-refractivity contribution in [3.63, 3.8) is 0 Å². The van der Waals surface area contributed by atoms with Crippen LogP contribution in [0, 0.1) is 0 Å². The van der Waals surface area contributed by atoms with E-state index in [1.165, 1.54) is 0 Å². The topological polar surface area (TPSA) is 55.1 Å². The first-order valence-electron chi connectivity index (χ1n) is 3.98. The van der Waals surface area contributed by atoms with Crippen LogP contribution in [-0.4, -0.2) is 5.91 Å². The molecule has 1 aromatic rings. The fourth-order valence-electron chi connectivity index (χ4n) is 0.886. The van der Waals surface area contributed by atoms with Crippen molar-refractivity contribution in [2.75, 3.05) is 11.1 Å². The molecule has 13 heavy (non-hydrogen) atoms. The summed E-state index contributed by atoms with van der Waals surface area (Å²) in [6, 6.07) is 5.36. The Balaban J connectivity index is 2.83. The third kappa shape index (κ3) is 2.73. The average molecular weight is 243 g/mol. The van der Waals surface area contributed by atoms with Gasteiger partial charge in [-0.15, -0.1) is 0 Å². The predicted octanol–water partition coefficient (Wildman–Crippen LogP) is 2.38. The lowest BCUT2D eigenvalue weighted by Gasteiger charge is -2.06. The van der Waals surface area contributed by atoms with E-state index in [0.717, 1.165) is 4.47 Å². The summed E-state index contributed by atoms with van der Waals surface area (Å²) in [6.07, 6.45) is 0.454. The van der Waals surface area contributed by atoms with E-state index < -0.39 is 0 Å². The van der Waals surface area contributed by atoms with Gasteiger partial charge in [0.05, 0.1) is 11.4 Å². The van der Waals surface area contributed by atoms with Gasteiger partial charge in [-0.25, -0.2) is 0 Å². The first-order valence-corrected chi connectivity index (χ1v) is 4.77. The molecule has 3 N–H and O–H groups in total. The molecular formula is C9H11BrN2O. The van der Waals surface area contributed by atoms with Crippen molar-refractivity contribution in [1.29, 1.82) is 0 Å². The van der Waals surface area contributed by atoms with E-state index in [1.54, 1.807) is 19.1 Å². The Labute approximate surface area is 85.4 Å². The highest BCUT2D eigenvalue weighted by atomic mass is 79.9. The molecule has 0 bridgehead atoms. The Kier molecular flexibility index (Phi) is 3.31. The Morgan fingerprint density at radius 1 is 1.62 bits per heavy atom. The summed E-state index contributed by atoms with van der Waals surface area (Å²) in [4.78, 5) is 11.0. The van der Waals surface area contributed by atoms with Crippen molar-refractivity contribution in [2.24, 2.45) is 0 Å². The molecule has 70 valence electrons. The van der Waals surface area contributed by atoms with Crippen LogP contribution < -0.4 is 11.1 Å². The summed E-state index contributed by atoms with van der Waals surface area (Å²) < 4.78 is 0.902. The number of carbonyl (C=O) groups excluding carboxylic acids is 1. The van der Waals surface area contributed by atoms with Crippen LogP contribution in [0.2, 0.25) is 0 Å². The van der Waals surface area contributed by atoms with E-state index in [9.17, 15) is 4.79 Å². The summed E-state index contributed by atoms with van der Waals surface area (Å²) in [5, 5.41) is 2.70. The number of hydrogen-bond donors (Lipinski definition) is 2. The first-order chi connectivity index (χ1) is 6.13. The number of rotatable bonds is 2. The fourth-order valence-corrected chi connectivity index (χ4v) is 1.26. The first kappa shape index (κ1) is 10.1. The van der Waals surface area contributed by atoms with Gasteiger partial charge in [-0.1, -0.05) is 22.9 Å². The van der Waals surface area contributed by atoms with Gasteiger partial charge in [-0.05, 0) is 18.2 Å². The number of amides is 1. The van der Waals surface area contributed by atoms with Gasteiger partial charge >= 0.3 is 0 Å². The molecule has 4 heteroatoms. The van der Waals surface area contributed by atoms with Crippen molar-refractivity contribution < 1.29 is 4.79 Å². The molecule has 0 radical (unpaired) electrons. The van der Waals surface area contributed by atoms with Crippen LogP contribution in [0.3, 0.4) is 0 Å². The SMILES string of the molecule is CCC(=O)Nc1ccc(Br)cc1N. The maximum Gasteiger partial charge on any atom is 0.224 e. The van der Waals surface area contributed by atoms with Gasteiger partial charge in [-0.3, -0.25) is 4.79 Å². The lowest BCUT2D eigenvalue weighted by Crippen LogP contribution is -2.10. The van der Waals surface area contributed by atoms with Crippen LogP contribution >= 0.6 is 15.9 Å². The van der Waals surface area contributed by atoms with Gasteiger partial charge in [0, 0.05) is 10.9 Å². The lowest BCUT2D eigenvalue weighted by atomic mass is 10.2. The van der Waals surface area contributed by atoms with Gasteiger partial charge < -0.3 is 11.1 Å². The van der Waals surface area contributed by atoms with Crippen LogP contribution in [0.4, 0.5) is 11.4 Å². The number of nitrogens with one attached hydrogen (secondary N) is 1. The standard InChI is InChI=1S/C9H11BrN2O/c1-2-9(13)12-8-4-3-6(10)5-7(8)11/h3-5H,2,11H2,1H3,(H,12,13). The number of carbonyl (C=O) groups is 1. The number of anilines is 2. The molecule has 0 atom stereocenters. The van der Waals surface area contributed by atoms with E-state index in [0.29, 0.717) is 17.8 Å². The molecule has 0 aliphatic rings. The zero-order valence-electron chi connectivity index (χ0n) is 7.30. The van der Waals surface area contributed by atoms with E-state index in [1.807, 2.05) is 6.07 Å². The maximum atomic E-state index is 11.0. The zero-order valence-corrected chi connectivity index (χ0v) is 8.89.